The highest BCUT2D eigenvalue weighted by Gasteiger charge is 2.48. The second-order valence-corrected chi connectivity index (χ2v) is 9.80. The van der Waals surface area contributed by atoms with Crippen molar-refractivity contribution in [3.8, 4) is 17.0 Å². The molecule has 2 aliphatic heterocycles. The number of carbonyl (C=O) groups is 1. The average molecular weight is 427 g/mol. The molecule has 0 aliphatic carbocycles. The summed E-state index contributed by atoms with van der Waals surface area (Å²) in [5.41, 5.74) is 1.63. The molecule has 9 heteroatoms. The molecule has 0 radical (unpaired) electrons. The van der Waals surface area contributed by atoms with Gasteiger partial charge >= 0.3 is 0 Å². The minimum atomic E-state index is -3.26. The van der Waals surface area contributed by atoms with Crippen LogP contribution in [0.15, 0.2) is 48.5 Å². The molecule has 1 saturated heterocycles. The smallest absolute Gasteiger partial charge is 0.273 e. The number of nitrogens with zero attached hydrogens (tertiary/aromatic N) is 2. The number of aromatic amines is 1. The van der Waals surface area contributed by atoms with Gasteiger partial charge in [-0.3, -0.25) is 9.89 Å². The van der Waals surface area contributed by atoms with Crippen molar-refractivity contribution >= 4 is 15.7 Å². The Kier molecular flexibility index (Phi) is 4.18. The van der Waals surface area contributed by atoms with Gasteiger partial charge in [0.25, 0.3) is 5.91 Å². The molecule has 1 amide bonds. The minimum absolute atomic E-state index is 0.00997. The quantitative estimate of drug-likeness (QED) is 0.669. The largest absolute Gasteiger partial charge is 0.507 e. The number of benzene rings is 2. The Balaban J connectivity index is 1.72. The Morgan fingerprint density at radius 1 is 1.13 bits per heavy atom. The standard InChI is InChI=1S/C21H18FN3O4S/c22-15-7-3-1-5-13(15)20-17-18(14-6-2-4-8-16(14)26)23-24-19(17)21(27)25(20)12-9-10-30(28,29)11-12/h1-8,12,20,26H,9-11H2,(H,23,24)/t12-,20+/m0/s1. The molecule has 0 saturated carbocycles. The van der Waals surface area contributed by atoms with E-state index in [1.807, 2.05) is 0 Å². The predicted molar refractivity (Wildman–Crippen MR) is 107 cm³/mol. The number of para-hydroxylation sites is 1. The lowest BCUT2D eigenvalue weighted by molar-refractivity contribution is 0.0675. The third-order valence-electron chi connectivity index (χ3n) is 5.76. The van der Waals surface area contributed by atoms with Gasteiger partial charge in [-0.2, -0.15) is 5.10 Å². The van der Waals surface area contributed by atoms with Gasteiger partial charge in [-0.1, -0.05) is 30.3 Å². The number of aromatic nitrogens is 2. The number of halogens is 1. The minimum Gasteiger partial charge on any atom is -0.507 e. The molecule has 0 unspecified atom stereocenters. The van der Waals surface area contributed by atoms with Gasteiger partial charge in [0.2, 0.25) is 0 Å². The molecule has 154 valence electrons. The molecule has 1 aromatic heterocycles. The molecule has 0 spiro atoms. The van der Waals surface area contributed by atoms with Crippen LogP contribution in [0, 0.1) is 5.82 Å². The summed E-state index contributed by atoms with van der Waals surface area (Å²) in [5, 5.41) is 17.3. The van der Waals surface area contributed by atoms with Crippen molar-refractivity contribution in [3.05, 3.63) is 71.2 Å². The molecule has 0 bridgehead atoms. The number of hydrogen-bond acceptors (Lipinski definition) is 5. The zero-order chi connectivity index (χ0) is 21.0. The van der Waals surface area contributed by atoms with Crippen molar-refractivity contribution in [2.24, 2.45) is 0 Å². The number of rotatable bonds is 3. The fraction of sp³-hybridized carbons (Fsp3) is 0.238. The topological polar surface area (TPSA) is 103 Å². The van der Waals surface area contributed by atoms with E-state index in [9.17, 15) is 22.7 Å². The Hall–Kier alpha value is -3.20. The summed E-state index contributed by atoms with van der Waals surface area (Å²) in [6, 6.07) is 11.3. The highest BCUT2D eigenvalue weighted by Crippen LogP contribution is 2.46. The first-order valence-electron chi connectivity index (χ1n) is 9.51. The Morgan fingerprint density at radius 3 is 2.57 bits per heavy atom. The van der Waals surface area contributed by atoms with Crippen LogP contribution < -0.4 is 0 Å². The molecule has 5 rings (SSSR count). The number of amides is 1. The molecule has 3 heterocycles. The van der Waals surface area contributed by atoms with Crippen molar-refractivity contribution in [3.63, 3.8) is 0 Å². The van der Waals surface area contributed by atoms with Gasteiger partial charge in [0.15, 0.2) is 9.84 Å². The SMILES string of the molecule is O=C1c2[nH]nc(-c3ccccc3O)c2[C@@H](c2ccccc2F)N1[C@H]1CCS(=O)(=O)C1. The van der Waals surface area contributed by atoms with E-state index in [4.69, 9.17) is 0 Å². The molecule has 2 aliphatic rings. The van der Waals surface area contributed by atoms with Crippen LogP contribution in [0.5, 0.6) is 5.75 Å². The molecule has 1 fully saturated rings. The maximum absolute atomic E-state index is 14.9. The molecular formula is C21H18FN3O4S. The first-order valence-corrected chi connectivity index (χ1v) is 11.3. The zero-order valence-electron chi connectivity index (χ0n) is 15.7. The van der Waals surface area contributed by atoms with Crippen LogP contribution in [-0.4, -0.2) is 52.1 Å². The summed E-state index contributed by atoms with van der Waals surface area (Å²) < 4.78 is 39.0. The molecular weight excluding hydrogens is 409 g/mol. The lowest BCUT2D eigenvalue weighted by Gasteiger charge is -2.31. The van der Waals surface area contributed by atoms with E-state index in [2.05, 4.69) is 10.2 Å². The molecule has 3 aromatic rings. The number of carbonyl (C=O) groups excluding carboxylic acids is 1. The normalized spacial score (nSPS) is 22.4. The highest BCUT2D eigenvalue weighted by atomic mass is 32.2. The maximum Gasteiger partial charge on any atom is 0.273 e. The lowest BCUT2D eigenvalue weighted by Crippen LogP contribution is -2.40. The Bertz CT molecular complexity index is 1270. The van der Waals surface area contributed by atoms with Crippen LogP contribution >= 0.6 is 0 Å². The highest BCUT2D eigenvalue weighted by molar-refractivity contribution is 7.91. The number of fused-ring (bicyclic) bond motifs is 1. The van der Waals surface area contributed by atoms with E-state index in [1.165, 1.54) is 17.0 Å². The zero-order valence-corrected chi connectivity index (χ0v) is 16.6. The predicted octanol–water partition coefficient (Wildman–Crippen LogP) is 2.65. The lowest BCUT2D eigenvalue weighted by atomic mass is 9.94. The Labute approximate surface area is 172 Å². The third kappa shape index (κ3) is 2.80. The summed E-state index contributed by atoms with van der Waals surface area (Å²) >= 11 is 0. The molecule has 7 nitrogen and oxygen atoms in total. The van der Waals surface area contributed by atoms with E-state index < -0.39 is 33.6 Å². The van der Waals surface area contributed by atoms with Crippen LogP contribution in [0.4, 0.5) is 4.39 Å². The molecule has 30 heavy (non-hydrogen) atoms. The third-order valence-corrected chi connectivity index (χ3v) is 7.52. The maximum atomic E-state index is 14.9. The second-order valence-electron chi connectivity index (χ2n) is 7.57. The van der Waals surface area contributed by atoms with Crippen molar-refractivity contribution in [1.29, 1.82) is 0 Å². The first-order chi connectivity index (χ1) is 14.4. The summed E-state index contributed by atoms with van der Waals surface area (Å²) in [5.74, 6) is -1.11. The van der Waals surface area contributed by atoms with Crippen LogP contribution in [0.3, 0.4) is 0 Å². The van der Waals surface area contributed by atoms with Gasteiger partial charge < -0.3 is 10.0 Å². The van der Waals surface area contributed by atoms with Crippen molar-refractivity contribution in [2.75, 3.05) is 11.5 Å². The van der Waals surface area contributed by atoms with Gasteiger partial charge in [0, 0.05) is 22.7 Å². The number of hydrogen-bond donors (Lipinski definition) is 2. The second kappa shape index (κ2) is 6.66. The number of phenolic OH excluding ortho intramolecular Hbond substituents is 1. The summed E-state index contributed by atoms with van der Waals surface area (Å²) in [6.07, 6.45) is 0.294. The molecule has 2 N–H and O–H groups in total. The van der Waals surface area contributed by atoms with Gasteiger partial charge in [0.1, 0.15) is 23.0 Å². The molecule has 2 atom stereocenters. The number of sulfone groups is 1. The van der Waals surface area contributed by atoms with Gasteiger partial charge in [-0.25, -0.2) is 12.8 Å². The van der Waals surface area contributed by atoms with Gasteiger partial charge in [-0.05, 0) is 24.6 Å². The summed E-state index contributed by atoms with van der Waals surface area (Å²) in [4.78, 5) is 14.7. The van der Waals surface area contributed by atoms with Crippen LogP contribution in [0.2, 0.25) is 0 Å². The van der Waals surface area contributed by atoms with E-state index >= 15 is 0 Å². The van der Waals surface area contributed by atoms with Crippen molar-refractivity contribution in [2.45, 2.75) is 18.5 Å². The fourth-order valence-corrected chi connectivity index (χ4v) is 6.13. The van der Waals surface area contributed by atoms with Crippen LogP contribution in [0.1, 0.15) is 34.1 Å². The van der Waals surface area contributed by atoms with Gasteiger partial charge in [0.05, 0.1) is 17.5 Å². The van der Waals surface area contributed by atoms with E-state index in [1.54, 1.807) is 36.4 Å². The number of H-pyrrole nitrogens is 1. The number of aromatic hydroxyl groups is 1. The summed E-state index contributed by atoms with van der Waals surface area (Å²) in [7, 11) is -3.26. The average Bonchev–Trinajstić information content (AvgIpc) is 3.36. The van der Waals surface area contributed by atoms with Crippen molar-refractivity contribution < 1.29 is 22.7 Å². The monoisotopic (exact) mass is 427 g/mol. The molecule has 2 aromatic carbocycles. The Morgan fingerprint density at radius 2 is 1.87 bits per heavy atom. The van der Waals surface area contributed by atoms with E-state index in [-0.39, 0.29) is 28.5 Å². The van der Waals surface area contributed by atoms with E-state index in [0.29, 0.717) is 23.2 Å². The van der Waals surface area contributed by atoms with Gasteiger partial charge in [-0.15, -0.1) is 0 Å². The fourth-order valence-electron chi connectivity index (χ4n) is 4.42. The number of phenols is 1. The summed E-state index contributed by atoms with van der Waals surface area (Å²) in [6.45, 7) is 0. The van der Waals surface area contributed by atoms with Crippen LogP contribution in [-0.2, 0) is 9.84 Å². The van der Waals surface area contributed by atoms with Crippen LogP contribution in [0.25, 0.3) is 11.3 Å². The first kappa shape index (κ1) is 18.8. The van der Waals surface area contributed by atoms with Crippen molar-refractivity contribution in [1.82, 2.24) is 15.1 Å². The van der Waals surface area contributed by atoms with E-state index in [0.717, 1.165) is 0 Å². The number of nitrogens with one attached hydrogen (secondary N) is 1.